The van der Waals surface area contributed by atoms with E-state index in [0.717, 1.165) is 4.90 Å². The summed E-state index contributed by atoms with van der Waals surface area (Å²) in [5, 5.41) is 3.89. The van der Waals surface area contributed by atoms with E-state index in [1.807, 2.05) is 0 Å². The molecular formula is C22H23Cl2N3O4. The number of nitrogens with zero attached hydrogens (tertiary/aromatic N) is 2. The summed E-state index contributed by atoms with van der Waals surface area (Å²) in [6, 6.07) is 13.0. The van der Waals surface area contributed by atoms with Crippen LogP contribution in [0.2, 0.25) is 10.0 Å². The van der Waals surface area contributed by atoms with Crippen LogP contribution in [0.3, 0.4) is 0 Å². The van der Waals surface area contributed by atoms with Crippen LogP contribution in [-0.2, 0) is 15.1 Å². The van der Waals surface area contributed by atoms with Crippen LogP contribution < -0.4 is 10.1 Å². The molecule has 1 atom stereocenters. The Morgan fingerprint density at radius 1 is 1.06 bits per heavy atom. The first-order valence-electron chi connectivity index (χ1n) is 9.79. The fraction of sp³-hybridized carbons (Fsp3) is 0.318. The van der Waals surface area contributed by atoms with Gasteiger partial charge < -0.3 is 15.0 Å². The smallest absolute Gasteiger partial charge is 0.325 e. The van der Waals surface area contributed by atoms with Crippen molar-refractivity contribution in [3.8, 4) is 5.75 Å². The van der Waals surface area contributed by atoms with Crippen LogP contribution in [0.5, 0.6) is 5.75 Å². The van der Waals surface area contributed by atoms with Gasteiger partial charge in [0, 0.05) is 17.1 Å². The average Bonchev–Trinajstić information content (AvgIpc) is 3.00. The fourth-order valence-corrected chi connectivity index (χ4v) is 3.61. The Morgan fingerprint density at radius 3 is 2.23 bits per heavy atom. The van der Waals surface area contributed by atoms with Gasteiger partial charge in [0.1, 0.15) is 24.4 Å². The molecule has 1 N–H and O–H groups in total. The molecule has 7 nitrogen and oxygen atoms in total. The lowest BCUT2D eigenvalue weighted by Gasteiger charge is -2.26. The molecule has 0 spiro atoms. The largest absolute Gasteiger partial charge is 0.492 e. The van der Waals surface area contributed by atoms with Crippen LogP contribution in [-0.4, -0.2) is 54.4 Å². The molecule has 1 aliphatic heterocycles. The highest BCUT2D eigenvalue weighted by Gasteiger charge is 2.51. The van der Waals surface area contributed by atoms with E-state index in [9.17, 15) is 14.4 Å². The number of amides is 4. The molecule has 1 fully saturated rings. The summed E-state index contributed by atoms with van der Waals surface area (Å²) in [5.74, 6) is -0.192. The van der Waals surface area contributed by atoms with Gasteiger partial charge in [0.05, 0.1) is 6.54 Å². The monoisotopic (exact) mass is 463 g/mol. The van der Waals surface area contributed by atoms with Gasteiger partial charge >= 0.3 is 6.03 Å². The van der Waals surface area contributed by atoms with Crippen molar-refractivity contribution >= 4 is 41.0 Å². The second-order valence-corrected chi connectivity index (χ2v) is 8.08. The summed E-state index contributed by atoms with van der Waals surface area (Å²) < 4.78 is 5.59. The van der Waals surface area contributed by atoms with Crippen molar-refractivity contribution in [1.29, 1.82) is 0 Å². The Hall–Kier alpha value is -2.77. The first kappa shape index (κ1) is 22.9. The lowest BCUT2D eigenvalue weighted by Crippen LogP contribution is -2.45. The summed E-state index contributed by atoms with van der Waals surface area (Å²) in [6.45, 7) is 2.00. The third kappa shape index (κ3) is 4.94. The summed E-state index contributed by atoms with van der Waals surface area (Å²) in [4.78, 5) is 40.7. The van der Waals surface area contributed by atoms with Gasteiger partial charge in [-0.05, 0) is 48.4 Å². The molecule has 164 valence electrons. The fourth-order valence-electron chi connectivity index (χ4n) is 3.36. The van der Waals surface area contributed by atoms with Gasteiger partial charge in [-0.25, -0.2) is 4.79 Å². The van der Waals surface area contributed by atoms with Gasteiger partial charge in [0.2, 0.25) is 5.91 Å². The van der Waals surface area contributed by atoms with Gasteiger partial charge in [-0.15, -0.1) is 0 Å². The third-order valence-electron chi connectivity index (χ3n) is 5.27. The Labute approximate surface area is 190 Å². The van der Waals surface area contributed by atoms with E-state index in [4.69, 9.17) is 27.9 Å². The maximum absolute atomic E-state index is 13.1. The predicted molar refractivity (Wildman–Crippen MR) is 118 cm³/mol. The van der Waals surface area contributed by atoms with Crippen LogP contribution in [0.4, 0.5) is 4.79 Å². The molecule has 0 aliphatic carbocycles. The predicted octanol–water partition coefficient (Wildman–Crippen LogP) is 3.69. The van der Waals surface area contributed by atoms with Crippen molar-refractivity contribution in [3.63, 3.8) is 0 Å². The van der Waals surface area contributed by atoms with Gasteiger partial charge in [0.15, 0.2) is 0 Å². The molecule has 2 aromatic rings. The molecule has 0 saturated carbocycles. The number of rotatable bonds is 8. The highest BCUT2D eigenvalue weighted by molar-refractivity contribution is 6.30. The number of carbonyl (C=O) groups excluding carboxylic acids is 3. The number of likely N-dealkylation sites (N-methyl/N-ethyl adjacent to an activating group) is 1. The standard InChI is InChI=1S/C22H23Cl2N3O4/c1-3-22(15-4-6-16(23)7-5-15)20(29)27(21(30)25-22)14-19(28)26(2)12-13-31-18-10-8-17(24)9-11-18/h4-11H,3,12-14H2,1-2H3,(H,25,30). The van der Waals surface area contributed by atoms with Crippen LogP contribution in [0, 0.1) is 0 Å². The average molecular weight is 464 g/mol. The zero-order valence-corrected chi connectivity index (χ0v) is 18.7. The minimum Gasteiger partial charge on any atom is -0.492 e. The molecule has 9 heteroatoms. The number of hydrogen-bond donors (Lipinski definition) is 1. The van der Waals surface area contributed by atoms with Crippen LogP contribution in [0.15, 0.2) is 48.5 Å². The quantitative estimate of drug-likeness (QED) is 0.605. The van der Waals surface area contributed by atoms with Crippen molar-refractivity contribution in [2.45, 2.75) is 18.9 Å². The number of halogens is 2. The minimum atomic E-state index is -1.21. The van der Waals surface area contributed by atoms with E-state index >= 15 is 0 Å². The van der Waals surface area contributed by atoms with Gasteiger partial charge in [-0.2, -0.15) is 0 Å². The first-order chi connectivity index (χ1) is 14.8. The molecule has 3 rings (SSSR count). The molecule has 31 heavy (non-hydrogen) atoms. The Kier molecular flexibility index (Phi) is 7.08. The number of hydrogen-bond acceptors (Lipinski definition) is 4. The molecule has 1 aliphatic rings. The molecular weight excluding hydrogens is 441 g/mol. The lowest BCUT2D eigenvalue weighted by molar-refractivity contribution is -0.138. The molecule has 4 amide bonds. The Balaban J connectivity index is 1.61. The maximum atomic E-state index is 13.1. The number of carbonyl (C=O) groups is 3. The third-order valence-corrected chi connectivity index (χ3v) is 5.78. The highest BCUT2D eigenvalue weighted by Crippen LogP contribution is 2.33. The molecule has 1 unspecified atom stereocenters. The van der Waals surface area contributed by atoms with Crippen LogP contribution >= 0.6 is 23.2 Å². The van der Waals surface area contributed by atoms with Gasteiger partial charge in [0.25, 0.3) is 5.91 Å². The van der Waals surface area contributed by atoms with Crippen LogP contribution in [0.25, 0.3) is 0 Å². The zero-order valence-electron chi connectivity index (χ0n) is 17.2. The molecule has 0 radical (unpaired) electrons. The second kappa shape index (κ2) is 9.58. The summed E-state index contributed by atoms with van der Waals surface area (Å²) >= 11 is 11.8. The van der Waals surface area contributed by atoms with Crippen molar-refractivity contribution in [1.82, 2.24) is 15.1 Å². The number of ether oxygens (including phenoxy) is 1. The van der Waals surface area contributed by atoms with E-state index in [0.29, 0.717) is 34.3 Å². The summed E-state index contributed by atoms with van der Waals surface area (Å²) in [6.07, 6.45) is 0.342. The van der Waals surface area contributed by atoms with Crippen molar-refractivity contribution < 1.29 is 19.1 Å². The van der Waals surface area contributed by atoms with E-state index in [1.54, 1.807) is 62.5 Å². The topological polar surface area (TPSA) is 79.0 Å². The Morgan fingerprint density at radius 2 is 1.65 bits per heavy atom. The molecule has 2 aromatic carbocycles. The number of imide groups is 1. The molecule has 0 aromatic heterocycles. The Bertz CT molecular complexity index is 966. The van der Waals surface area contributed by atoms with E-state index < -0.39 is 17.5 Å². The van der Waals surface area contributed by atoms with Gasteiger partial charge in [-0.1, -0.05) is 42.3 Å². The summed E-state index contributed by atoms with van der Waals surface area (Å²) in [7, 11) is 1.60. The maximum Gasteiger partial charge on any atom is 0.325 e. The van der Waals surface area contributed by atoms with E-state index in [-0.39, 0.29) is 19.1 Å². The highest BCUT2D eigenvalue weighted by atomic mass is 35.5. The first-order valence-corrected chi connectivity index (χ1v) is 10.5. The van der Waals surface area contributed by atoms with Crippen molar-refractivity contribution in [2.75, 3.05) is 26.7 Å². The summed E-state index contributed by atoms with van der Waals surface area (Å²) in [5.41, 5.74) is -0.587. The number of nitrogens with one attached hydrogen (secondary N) is 1. The molecule has 1 heterocycles. The SMILES string of the molecule is CCC1(c2ccc(Cl)cc2)NC(=O)N(CC(=O)N(C)CCOc2ccc(Cl)cc2)C1=O. The van der Waals surface area contributed by atoms with Crippen molar-refractivity contribution in [3.05, 3.63) is 64.1 Å². The lowest BCUT2D eigenvalue weighted by atomic mass is 9.87. The minimum absolute atomic E-state index is 0.258. The number of urea groups is 1. The zero-order chi connectivity index (χ0) is 22.6. The normalized spacial score (nSPS) is 18.1. The molecule has 1 saturated heterocycles. The number of benzene rings is 2. The van der Waals surface area contributed by atoms with Gasteiger partial charge in [-0.3, -0.25) is 14.5 Å². The van der Waals surface area contributed by atoms with E-state index in [2.05, 4.69) is 5.32 Å². The van der Waals surface area contributed by atoms with Crippen molar-refractivity contribution in [2.24, 2.45) is 0 Å². The van der Waals surface area contributed by atoms with Crippen LogP contribution in [0.1, 0.15) is 18.9 Å². The molecule has 0 bridgehead atoms. The second-order valence-electron chi connectivity index (χ2n) is 7.20. The van der Waals surface area contributed by atoms with E-state index in [1.165, 1.54) is 4.90 Å².